The highest BCUT2D eigenvalue weighted by Crippen LogP contribution is 2.49. The molecule has 2 nitrogen and oxygen atoms in total. The fraction of sp³-hybridized carbons (Fsp3) is 0. The molecular formula is C46H32N2. The third kappa shape index (κ3) is 4.66. The van der Waals surface area contributed by atoms with Crippen LogP contribution in [0.3, 0.4) is 0 Å². The van der Waals surface area contributed by atoms with Crippen LogP contribution in [0.1, 0.15) is 0 Å². The fourth-order valence-corrected chi connectivity index (χ4v) is 7.22. The molecule has 2 heteroatoms. The van der Waals surface area contributed by atoms with Gasteiger partial charge >= 0.3 is 0 Å². The first kappa shape index (κ1) is 27.9. The molecule has 0 aliphatic rings. The van der Waals surface area contributed by atoms with Crippen LogP contribution in [0.5, 0.6) is 0 Å². The highest BCUT2D eigenvalue weighted by atomic mass is 15.1. The van der Waals surface area contributed by atoms with Crippen LogP contribution in [0.25, 0.3) is 60.5 Å². The number of fused-ring (bicyclic) bond motifs is 5. The first-order valence-corrected chi connectivity index (χ1v) is 16.5. The van der Waals surface area contributed by atoms with E-state index in [1.165, 1.54) is 54.8 Å². The van der Waals surface area contributed by atoms with Gasteiger partial charge in [0.15, 0.2) is 0 Å². The lowest BCUT2D eigenvalue weighted by Gasteiger charge is -2.27. The van der Waals surface area contributed by atoms with Crippen LogP contribution < -0.4 is 4.90 Å². The summed E-state index contributed by atoms with van der Waals surface area (Å²) in [5, 5.41) is 4.89. The third-order valence-electron chi connectivity index (χ3n) is 9.35. The zero-order valence-corrected chi connectivity index (χ0v) is 26.4. The van der Waals surface area contributed by atoms with Crippen molar-refractivity contribution in [1.29, 1.82) is 0 Å². The number of rotatable bonds is 6. The predicted molar refractivity (Wildman–Crippen MR) is 204 cm³/mol. The van der Waals surface area contributed by atoms with E-state index in [0.717, 1.165) is 22.7 Å². The number of para-hydroxylation sites is 2. The van der Waals surface area contributed by atoms with Gasteiger partial charge in [0.2, 0.25) is 0 Å². The van der Waals surface area contributed by atoms with Crippen molar-refractivity contribution in [2.24, 2.45) is 0 Å². The molecule has 0 atom stereocenters. The Kier molecular flexibility index (Phi) is 6.84. The maximum Gasteiger partial charge on any atom is 0.0640 e. The summed E-state index contributed by atoms with van der Waals surface area (Å²) in [6.07, 6.45) is 0. The molecule has 0 N–H and O–H groups in total. The molecular weight excluding hydrogens is 581 g/mol. The van der Waals surface area contributed by atoms with E-state index in [9.17, 15) is 0 Å². The van der Waals surface area contributed by atoms with Crippen molar-refractivity contribution in [2.45, 2.75) is 0 Å². The highest BCUT2D eigenvalue weighted by Gasteiger charge is 2.25. The van der Waals surface area contributed by atoms with Gasteiger partial charge in [-0.3, -0.25) is 0 Å². The normalized spacial score (nSPS) is 11.3. The maximum atomic E-state index is 2.46. The van der Waals surface area contributed by atoms with Crippen LogP contribution in [0.15, 0.2) is 194 Å². The number of aromatic nitrogens is 1. The molecule has 0 radical (unpaired) electrons. The lowest BCUT2D eigenvalue weighted by atomic mass is 9.96. The van der Waals surface area contributed by atoms with Crippen molar-refractivity contribution in [3.63, 3.8) is 0 Å². The maximum absolute atomic E-state index is 2.46. The van der Waals surface area contributed by atoms with Crippen molar-refractivity contribution < 1.29 is 0 Å². The van der Waals surface area contributed by atoms with E-state index >= 15 is 0 Å². The summed E-state index contributed by atoms with van der Waals surface area (Å²) in [7, 11) is 0. The Morgan fingerprint density at radius 3 is 1.67 bits per heavy atom. The number of nitrogens with zero attached hydrogens (tertiary/aromatic N) is 2. The molecule has 0 aliphatic carbocycles. The second-order valence-electron chi connectivity index (χ2n) is 12.2. The van der Waals surface area contributed by atoms with E-state index in [4.69, 9.17) is 0 Å². The van der Waals surface area contributed by atoms with Crippen LogP contribution >= 0.6 is 0 Å². The fourth-order valence-electron chi connectivity index (χ4n) is 7.22. The quantitative estimate of drug-likeness (QED) is 0.181. The lowest BCUT2D eigenvalue weighted by Crippen LogP contribution is -2.10. The van der Waals surface area contributed by atoms with Gasteiger partial charge in [0, 0.05) is 33.2 Å². The van der Waals surface area contributed by atoms with E-state index in [0.29, 0.717) is 0 Å². The van der Waals surface area contributed by atoms with Gasteiger partial charge in [-0.15, -0.1) is 0 Å². The second-order valence-corrected chi connectivity index (χ2v) is 12.2. The highest BCUT2D eigenvalue weighted by molar-refractivity contribution is 6.27. The number of hydrogen-bond donors (Lipinski definition) is 0. The molecule has 0 fully saturated rings. The molecule has 9 aromatic rings. The monoisotopic (exact) mass is 612 g/mol. The van der Waals surface area contributed by atoms with Gasteiger partial charge in [-0.05, 0) is 76.2 Å². The molecule has 0 amide bonds. The van der Waals surface area contributed by atoms with Gasteiger partial charge < -0.3 is 9.47 Å². The Hall–Kier alpha value is -6.38. The predicted octanol–water partition coefficient (Wildman–Crippen LogP) is 12.7. The van der Waals surface area contributed by atoms with E-state index in [2.05, 4.69) is 204 Å². The summed E-state index contributed by atoms with van der Waals surface area (Å²) in [6.45, 7) is 0. The van der Waals surface area contributed by atoms with Gasteiger partial charge in [0.05, 0.1) is 16.7 Å². The van der Waals surface area contributed by atoms with Crippen LogP contribution in [-0.4, -0.2) is 4.57 Å². The van der Waals surface area contributed by atoms with Gasteiger partial charge in [-0.2, -0.15) is 0 Å². The molecule has 226 valence electrons. The molecule has 0 saturated carbocycles. The van der Waals surface area contributed by atoms with Crippen molar-refractivity contribution >= 4 is 49.6 Å². The van der Waals surface area contributed by atoms with Crippen LogP contribution in [-0.2, 0) is 0 Å². The summed E-state index contributed by atoms with van der Waals surface area (Å²) in [6, 6.07) is 69.8. The standard InChI is InChI=1S/C46H32N2/c1-5-16-33(17-6-1)34-28-30-39(31-29-34)47(37-21-9-3-10-22-37)43-32-36-20-13-14-25-41(36)46-45(43)44-40(35-18-7-2-8-19-35)26-15-27-42(44)48(46)38-23-11-4-12-24-38/h1-32H. The molecule has 48 heavy (non-hydrogen) atoms. The largest absolute Gasteiger partial charge is 0.310 e. The lowest BCUT2D eigenvalue weighted by molar-refractivity contribution is 1.19. The Labute approximate surface area is 280 Å². The minimum absolute atomic E-state index is 1.11. The minimum atomic E-state index is 1.11. The van der Waals surface area contributed by atoms with Crippen molar-refractivity contribution in [3.05, 3.63) is 194 Å². The van der Waals surface area contributed by atoms with Gasteiger partial charge in [0.1, 0.15) is 0 Å². The van der Waals surface area contributed by atoms with E-state index in [1.54, 1.807) is 0 Å². The van der Waals surface area contributed by atoms with E-state index < -0.39 is 0 Å². The van der Waals surface area contributed by atoms with Crippen LogP contribution in [0.2, 0.25) is 0 Å². The van der Waals surface area contributed by atoms with Gasteiger partial charge in [0.25, 0.3) is 0 Å². The Morgan fingerprint density at radius 1 is 0.396 bits per heavy atom. The first-order valence-electron chi connectivity index (χ1n) is 16.5. The molecule has 0 aliphatic heterocycles. The second kappa shape index (κ2) is 11.8. The Balaban J connectivity index is 1.44. The van der Waals surface area contributed by atoms with Gasteiger partial charge in [-0.1, -0.05) is 146 Å². The number of hydrogen-bond acceptors (Lipinski definition) is 1. The van der Waals surface area contributed by atoms with Crippen molar-refractivity contribution in [2.75, 3.05) is 4.90 Å². The Morgan fingerprint density at radius 2 is 0.958 bits per heavy atom. The SMILES string of the molecule is c1ccc(-c2ccc(N(c3ccccc3)c3cc4ccccc4c4c3c3c(-c5ccccc5)cccc3n4-c3ccccc3)cc2)cc1. The molecule has 1 aromatic heterocycles. The summed E-state index contributed by atoms with van der Waals surface area (Å²) in [5.74, 6) is 0. The smallest absolute Gasteiger partial charge is 0.0640 e. The average Bonchev–Trinajstić information content (AvgIpc) is 3.53. The van der Waals surface area contributed by atoms with E-state index in [-0.39, 0.29) is 0 Å². The number of anilines is 3. The molecule has 0 spiro atoms. The molecule has 0 bridgehead atoms. The average molecular weight is 613 g/mol. The molecule has 0 saturated heterocycles. The van der Waals surface area contributed by atoms with E-state index in [1.807, 2.05) is 0 Å². The number of benzene rings is 8. The summed E-state index contributed by atoms with van der Waals surface area (Å²) in [5.41, 5.74) is 11.7. The zero-order chi connectivity index (χ0) is 31.9. The molecule has 0 unspecified atom stereocenters. The van der Waals surface area contributed by atoms with Crippen LogP contribution in [0.4, 0.5) is 17.1 Å². The van der Waals surface area contributed by atoms with Crippen molar-refractivity contribution in [3.8, 4) is 27.9 Å². The van der Waals surface area contributed by atoms with Gasteiger partial charge in [-0.25, -0.2) is 0 Å². The van der Waals surface area contributed by atoms with Crippen molar-refractivity contribution in [1.82, 2.24) is 4.57 Å². The topological polar surface area (TPSA) is 8.17 Å². The zero-order valence-electron chi connectivity index (χ0n) is 26.4. The third-order valence-corrected chi connectivity index (χ3v) is 9.35. The molecule has 1 heterocycles. The summed E-state index contributed by atoms with van der Waals surface area (Å²) < 4.78 is 2.46. The minimum Gasteiger partial charge on any atom is -0.310 e. The summed E-state index contributed by atoms with van der Waals surface area (Å²) in [4.78, 5) is 2.43. The van der Waals surface area contributed by atoms with Crippen LogP contribution in [0, 0.1) is 0 Å². The molecule has 9 rings (SSSR count). The first-order chi connectivity index (χ1) is 23.8. The Bertz CT molecular complexity index is 2520. The summed E-state index contributed by atoms with van der Waals surface area (Å²) >= 11 is 0. The molecule has 8 aromatic carbocycles.